The fourth-order valence-corrected chi connectivity index (χ4v) is 1.66. The molecule has 0 atom stereocenters. The van der Waals surface area contributed by atoms with Crippen molar-refractivity contribution < 1.29 is 5.11 Å². The average molecular weight is 208 g/mol. The summed E-state index contributed by atoms with van der Waals surface area (Å²) in [7, 11) is 2.03. The number of anilines is 1. The van der Waals surface area contributed by atoms with E-state index in [9.17, 15) is 5.11 Å². The summed E-state index contributed by atoms with van der Waals surface area (Å²) in [6, 6.07) is 5.53. The molecule has 0 heterocycles. The van der Waals surface area contributed by atoms with Crippen molar-refractivity contribution in [1.82, 2.24) is 0 Å². The second-order valence-electron chi connectivity index (χ2n) is 3.73. The fraction of sp³-hybridized carbons (Fsp3) is 0.500. The summed E-state index contributed by atoms with van der Waals surface area (Å²) >= 11 is 0. The molecule has 1 aromatic carbocycles. The molecule has 0 aliphatic carbocycles. The summed E-state index contributed by atoms with van der Waals surface area (Å²) in [5.41, 5.74) is 7.84. The molecule has 1 aromatic rings. The highest BCUT2D eigenvalue weighted by Gasteiger charge is 2.06. The van der Waals surface area contributed by atoms with E-state index in [1.165, 1.54) is 5.56 Å². The first-order valence-electron chi connectivity index (χ1n) is 5.42. The van der Waals surface area contributed by atoms with Gasteiger partial charge in [-0.25, -0.2) is 0 Å². The van der Waals surface area contributed by atoms with Gasteiger partial charge in [-0.3, -0.25) is 0 Å². The molecule has 15 heavy (non-hydrogen) atoms. The van der Waals surface area contributed by atoms with Gasteiger partial charge in [-0.05, 0) is 31.0 Å². The Balaban J connectivity index is 2.85. The smallest absolute Gasteiger partial charge is 0.117 e. The maximum atomic E-state index is 9.46. The molecule has 0 bridgehead atoms. The Kier molecular flexibility index (Phi) is 4.43. The molecule has 0 fully saturated rings. The lowest BCUT2D eigenvalue weighted by atomic mass is 10.1. The SMILES string of the molecule is CCc1ccc(O)cc1N(C)CCCN. The standard InChI is InChI=1S/C12H20N2O/c1-3-10-5-6-11(15)9-12(10)14(2)8-4-7-13/h5-6,9,15H,3-4,7-8,13H2,1-2H3. The maximum absolute atomic E-state index is 9.46. The highest BCUT2D eigenvalue weighted by atomic mass is 16.3. The van der Waals surface area contributed by atoms with Crippen molar-refractivity contribution in [1.29, 1.82) is 0 Å². The largest absolute Gasteiger partial charge is 0.508 e. The van der Waals surface area contributed by atoms with Gasteiger partial charge in [0, 0.05) is 25.3 Å². The Labute approximate surface area is 91.5 Å². The molecule has 3 nitrogen and oxygen atoms in total. The van der Waals surface area contributed by atoms with Gasteiger partial charge in [0.2, 0.25) is 0 Å². The first-order chi connectivity index (χ1) is 7.19. The summed E-state index contributed by atoms with van der Waals surface area (Å²) in [4.78, 5) is 2.14. The number of nitrogens with zero attached hydrogens (tertiary/aromatic N) is 1. The van der Waals surface area contributed by atoms with E-state index in [4.69, 9.17) is 5.73 Å². The Morgan fingerprint density at radius 3 is 2.73 bits per heavy atom. The molecule has 0 unspecified atom stereocenters. The normalized spacial score (nSPS) is 10.3. The number of aryl methyl sites for hydroxylation is 1. The van der Waals surface area contributed by atoms with Crippen LogP contribution in [0.2, 0.25) is 0 Å². The lowest BCUT2D eigenvalue weighted by Gasteiger charge is -2.22. The van der Waals surface area contributed by atoms with E-state index in [2.05, 4.69) is 11.8 Å². The molecule has 3 N–H and O–H groups in total. The van der Waals surface area contributed by atoms with Gasteiger partial charge in [0.1, 0.15) is 5.75 Å². The molecule has 0 radical (unpaired) electrons. The van der Waals surface area contributed by atoms with Crippen molar-refractivity contribution in [2.45, 2.75) is 19.8 Å². The molecule has 0 spiro atoms. The predicted molar refractivity (Wildman–Crippen MR) is 64.4 cm³/mol. The topological polar surface area (TPSA) is 49.5 Å². The third-order valence-corrected chi connectivity index (χ3v) is 2.56. The van der Waals surface area contributed by atoms with Gasteiger partial charge in [-0.15, -0.1) is 0 Å². The van der Waals surface area contributed by atoms with Crippen LogP contribution < -0.4 is 10.6 Å². The van der Waals surface area contributed by atoms with Gasteiger partial charge >= 0.3 is 0 Å². The van der Waals surface area contributed by atoms with Crippen LogP contribution in [0.5, 0.6) is 5.75 Å². The molecule has 84 valence electrons. The molecule has 0 saturated carbocycles. The van der Waals surface area contributed by atoms with Gasteiger partial charge in [0.15, 0.2) is 0 Å². The zero-order valence-corrected chi connectivity index (χ0v) is 9.53. The van der Waals surface area contributed by atoms with Crippen molar-refractivity contribution in [3.8, 4) is 5.75 Å². The van der Waals surface area contributed by atoms with Crippen molar-refractivity contribution >= 4 is 5.69 Å². The van der Waals surface area contributed by atoms with Gasteiger partial charge < -0.3 is 15.7 Å². The summed E-state index contributed by atoms with van der Waals surface area (Å²) in [6.45, 7) is 3.74. The van der Waals surface area contributed by atoms with Gasteiger partial charge in [0.25, 0.3) is 0 Å². The van der Waals surface area contributed by atoms with Crippen molar-refractivity contribution in [2.24, 2.45) is 5.73 Å². The van der Waals surface area contributed by atoms with Gasteiger partial charge in [-0.1, -0.05) is 13.0 Å². The number of hydrogen-bond donors (Lipinski definition) is 2. The van der Waals surface area contributed by atoms with Crippen LogP contribution in [0.1, 0.15) is 18.9 Å². The molecule has 0 saturated heterocycles. The lowest BCUT2D eigenvalue weighted by Crippen LogP contribution is -2.22. The van der Waals surface area contributed by atoms with E-state index in [1.54, 1.807) is 6.07 Å². The fourth-order valence-electron chi connectivity index (χ4n) is 1.66. The summed E-state index contributed by atoms with van der Waals surface area (Å²) < 4.78 is 0. The Hall–Kier alpha value is -1.22. The van der Waals surface area contributed by atoms with E-state index in [1.807, 2.05) is 19.2 Å². The van der Waals surface area contributed by atoms with E-state index in [0.29, 0.717) is 12.3 Å². The zero-order chi connectivity index (χ0) is 11.3. The van der Waals surface area contributed by atoms with Crippen LogP contribution in [-0.4, -0.2) is 25.2 Å². The second-order valence-corrected chi connectivity index (χ2v) is 3.73. The van der Waals surface area contributed by atoms with Crippen molar-refractivity contribution in [3.63, 3.8) is 0 Å². The van der Waals surface area contributed by atoms with Crippen LogP contribution in [0.25, 0.3) is 0 Å². The number of aromatic hydroxyl groups is 1. The minimum Gasteiger partial charge on any atom is -0.508 e. The first kappa shape index (κ1) is 11.9. The molecule has 0 aliphatic rings. The number of phenols is 1. The minimum atomic E-state index is 0.321. The lowest BCUT2D eigenvalue weighted by molar-refractivity contribution is 0.475. The minimum absolute atomic E-state index is 0.321. The molecular formula is C12H20N2O. The third kappa shape index (κ3) is 3.13. The van der Waals surface area contributed by atoms with Crippen LogP contribution in [0.3, 0.4) is 0 Å². The molecule has 0 aliphatic heterocycles. The highest BCUT2D eigenvalue weighted by molar-refractivity contribution is 5.56. The number of phenolic OH excluding ortho intramolecular Hbond substituents is 1. The molecule has 0 aromatic heterocycles. The van der Waals surface area contributed by atoms with Crippen LogP contribution in [-0.2, 0) is 6.42 Å². The van der Waals surface area contributed by atoms with Gasteiger partial charge in [-0.2, -0.15) is 0 Å². The maximum Gasteiger partial charge on any atom is 0.117 e. The van der Waals surface area contributed by atoms with Gasteiger partial charge in [0.05, 0.1) is 0 Å². The number of hydrogen-bond acceptors (Lipinski definition) is 3. The number of rotatable bonds is 5. The summed E-state index contributed by atoms with van der Waals surface area (Å²) in [5, 5.41) is 9.46. The molecular weight excluding hydrogens is 188 g/mol. The molecule has 1 rings (SSSR count). The predicted octanol–water partition coefficient (Wildman–Crippen LogP) is 1.74. The van der Waals surface area contributed by atoms with Crippen LogP contribution >= 0.6 is 0 Å². The zero-order valence-electron chi connectivity index (χ0n) is 9.53. The second kappa shape index (κ2) is 5.61. The summed E-state index contributed by atoms with van der Waals surface area (Å²) in [5.74, 6) is 0.321. The molecule has 0 amide bonds. The average Bonchev–Trinajstić information content (AvgIpc) is 2.25. The Morgan fingerprint density at radius 1 is 1.40 bits per heavy atom. The number of benzene rings is 1. The van der Waals surface area contributed by atoms with Crippen LogP contribution in [0, 0.1) is 0 Å². The first-order valence-corrected chi connectivity index (χ1v) is 5.42. The number of nitrogens with two attached hydrogens (primary N) is 1. The molecule has 3 heteroatoms. The Morgan fingerprint density at radius 2 is 2.13 bits per heavy atom. The Bertz CT molecular complexity index is 312. The third-order valence-electron chi connectivity index (χ3n) is 2.56. The quantitative estimate of drug-likeness (QED) is 0.775. The highest BCUT2D eigenvalue weighted by Crippen LogP contribution is 2.25. The van der Waals surface area contributed by atoms with Crippen LogP contribution in [0.4, 0.5) is 5.69 Å². The van der Waals surface area contributed by atoms with Crippen LogP contribution in [0.15, 0.2) is 18.2 Å². The van der Waals surface area contributed by atoms with E-state index in [-0.39, 0.29) is 0 Å². The van der Waals surface area contributed by atoms with E-state index >= 15 is 0 Å². The summed E-state index contributed by atoms with van der Waals surface area (Å²) in [6.07, 6.45) is 1.94. The van der Waals surface area contributed by atoms with Crippen molar-refractivity contribution in [3.05, 3.63) is 23.8 Å². The van der Waals surface area contributed by atoms with E-state index in [0.717, 1.165) is 25.1 Å². The monoisotopic (exact) mass is 208 g/mol. The van der Waals surface area contributed by atoms with E-state index < -0.39 is 0 Å². The van der Waals surface area contributed by atoms with Crippen molar-refractivity contribution in [2.75, 3.05) is 25.0 Å².